The van der Waals surface area contributed by atoms with Gasteiger partial charge in [0.1, 0.15) is 0 Å². The lowest BCUT2D eigenvalue weighted by molar-refractivity contribution is 0.178. The molecule has 0 aliphatic carbocycles. The minimum atomic E-state index is -0.516. The third-order valence-electron chi connectivity index (χ3n) is 2.06. The summed E-state index contributed by atoms with van der Waals surface area (Å²) in [5.41, 5.74) is 1.81. The van der Waals surface area contributed by atoms with Crippen molar-refractivity contribution < 1.29 is 5.11 Å². The van der Waals surface area contributed by atoms with Crippen LogP contribution in [-0.2, 0) is 6.42 Å². The van der Waals surface area contributed by atoms with Gasteiger partial charge in [-0.05, 0) is 11.6 Å². The van der Waals surface area contributed by atoms with Crippen LogP contribution in [0.2, 0.25) is 0 Å². The lowest BCUT2D eigenvalue weighted by Gasteiger charge is -2.06. The highest BCUT2D eigenvalue weighted by atomic mass is 16.3. The van der Waals surface area contributed by atoms with E-state index in [1.807, 2.05) is 12.1 Å². The Balaban J connectivity index is 2.06. The molecule has 72 valence electrons. The van der Waals surface area contributed by atoms with Crippen molar-refractivity contribution in [3.8, 4) is 0 Å². The van der Waals surface area contributed by atoms with Crippen molar-refractivity contribution in [1.29, 1.82) is 0 Å². The Bertz CT molecular complexity index is 372. The largest absolute Gasteiger partial charge is 0.388 e. The van der Waals surface area contributed by atoms with E-state index in [1.165, 1.54) is 0 Å². The summed E-state index contributed by atoms with van der Waals surface area (Å²) in [7, 11) is 0. The number of pyridine rings is 1. The van der Waals surface area contributed by atoms with Crippen molar-refractivity contribution in [2.75, 3.05) is 0 Å². The fraction of sp³-hybridized carbons (Fsp3) is 0.200. The number of aromatic amines is 1. The number of aliphatic hydroxyl groups is 1. The molecule has 1 unspecified atom stereocenters. The normalized spacial score (nSPS) is 12.6. The summed E-state index contributed by atoms with van der Waals surface area (Å²) in [6, 6.07) is 3.80. The van der Waals surface area contributed by atoms with Crippen molar-refractivity contribution in [2.45, 2.75) is 12.5 Å². The molecule has 0 radical (unpaired) electrons. The summed E-state index contributed by atoms with van der Waals surface area (Å²) in [5.74, 6) is 0. The predicted octanol–water partition coefficient (Wildman–Crippen LogP) is 1.08. The molecule has 4 nitrogen and oxygen atoms in total. The van der Waals surface area contributed by atoms with Gasteiger partial charge in [-0.3, -0.25) is 10.1 Å². The average molecular weight is 189 g/mol. The molecule has 4 heteroatoms. The van der Waals surface area contributed by atoms with Crippen LogP contribution >= 0.6 is 0 Å². The van der Waals surface area contributed by atoms with Crippen LogP contribution in [0.1, 0.15) is 17.2 Å². The molecule has 2 heterocycles. The maximum Gasteiger partial charge on any atom is 0.0861 e. The second-order valence-corrected chi connectivity index (χ2v) is 3.11. The molecule has 2 aromatic rings. The van der Waals surface area contributed by atoms with Gasteiger partial charge in [-0.15, -0.1) is 0 Å². The molecular weight excluding hydrogens is 178 g/mol. The Morgan fingerprint density at radius 1 is 1.43 bits per heavy atom. The zero-order valence-corrected chi connectivity index (χ0v) is 7.59. The lowest BCUT2D eigenvalue weighted by atomic mass is 10.1. The molecule has 0 aromatic carbocycles. The molecule has 0 bridgehead atoms. The molecule has 0 saturated heterocycles. The number of H-pyrrole nitrogens is 1. The molecule has 2 N–H and O–H groups in total. The third kappa shape index (κ3) is 1.97. The Hall–Kier alpha value is -1.68. The van der Waals surface area contributed by atoms with Crippen LogP contribution in [0.25, 0.3) is 0 Å². The van der Waals surface area contributed by atoms with Gasteiger partial charge < -0.3 is 5.11 Å². The quantitative estimate of drug-likeness (QED) is 0.759. The van der Waals surface area contributed by atoms with Crippen LogP contribution in [0.5, 0.6) is 0 Å². The van der Waals surface area contributed by atoms with Gasteiger partial charge in [0.15, 0.2) is 0 Å². The first kappa shape index (κ1) is 8.90. The molecular formula is C10H11N3O. The van der Waals surface area contributed by atoms with Gasteiger partial charge in [0.2, 0.25) is 0 Å². The molecule has 0 fully saturated rings. The fourth-order valence-electron chi connectivity index (χ4n) is 1.30. The van der Waals surface area contributed by atoms with Gasteiger partial charge in [0.25, 0.3) is 0 Å². The Morgan fingerprint density at radius 2 is 2.36 bits per heavy atom. The first-order valence-corrected chi connectivity index (χ1v) is 4.42. The van der Waals surface area contributed by atoms with E-state index < -0.39 is 6.10 Å². The topological polar surface area (TPSA) is 61.8 Å². The molecule has 1 atom stereocenters. The zero-order valence-electron chi connectivity index (χ0n) is 7.59. The van der Waals surface area contributed by atoms with E-state index in [4.69, 9.17) is 0 Å². The van der Waals surface area contributed by atoms with E-state index in [-0.39, 0.29) is 0 Å². The predicted molar refractivity (Wildman–Crippen MR) is 51.5 cm³/mol. The molecule has 14 heavy (non-hydrogen) atoms. The number of rotatable bonds is 3. The number of aromatic nitrogens is 3. The van der Waals surface area contributed by atoms with Gasteiger partial charge in [-0.25, -0.2) is 0 Å². The summed E-state index contributed by atoms with van der Waals surface area (Å²) in [6.07, 6.45) is 6.84. The molecule has 2 aromatic heterocycles. The summed E-state index contributed by atoms with van der Waals surface area (Å²) in [4.78, 5) is 3.98. The monoisotopic (exact) mass is 189 g/mol. The highest BCUT2D eigenvalue weighted by Gasteiger charge is 2.08. The second kappa shape index (κ2) is 4.02. The van der Waals surface area contributed by atoms with E-state index in [2.05, 4.69) is 15.2 Å². The maximum absolute atomic E-state index is 9.78. The SMILES string of the molecule is OC(Cc1cccnc1)c1cn[nH]c1. The van der Waals surface area contributed by atoms with Gasteiger partial charge >= 0.3 is 0 Å². The highest BCUT2D eigenvalue weighted by Crippen LogP contribution is 2.15. The standard InChI is InChI=1S/C10H11N3O/c14-10(9-6-12-13-7-9)4-8-2-1-3-11-5-8/h1-3,5-7,10,14H,4H2,(H,12,13). The maximum atomic E-state index is 9.78. The molecule has 0 amide bonds. The van der Waals surface area contributed by atoms with Crippen LogP contribution in [0.3, 0.4) is 0 Å². The number of hydrogen-bond donors (Lipinski definition) is 2. The molecule has 0 aliphatic rings. The summed E-state index contributed by atoms with van der Waals surface area (Å²) < 4.78 is 0. The van der Waals surface area contributed by atoms with E-state index in [0.717, 1.165) is 11.1 Å². The van der Waals surface area contributed by atoms with E-state index in [9.17, 15) is 5.11 Å². The number of nitrogens with zero attached hydrogens (tertiary/aromatic N) is 2. The first-order valence-electron chi connectivity index (χ1n) is 4.42. The number of hydrogen-bond acceptors (Lipinski definition) is 3. The van der Waals surface area contributed by atoms with Crippen LogP contribution in [-0.4, -0.2) is 20.3 Å². The van der Waals surface area contributed by atoms with Crippen LogP contribution < -0.4 is 0 Å². The lowest BCUT2D eigenvalue weighted by Crippen LogP contribution is -2.00. The molecule has 0 spiro atoms. The first-order chi connectivity index (χ1) is 6.86. The Morgan fingerprint density at radius 3 is 3.00 bits per heavy atom. The van der Waals surface area contributed by atoms with E-state index in [0.29, 0.717) is 6.42 Å². The van der Waals surface area contributed by atoms with E-state index in [1.54, 1.807) is 24.8 Å². The zero-order chi connectivity index (χ0) is 9.80. The Labute approximate surface area is 81.6 Å². The van der Waals surface area contributed by atoms with Crippen molar-refractivity contribution in [3.63, 3.8) is 0 Å². The minimum Gasteiger partial charge on any atom is -0.388 e. The summed E-state index contributed by atoms with van der Waals surface area (Å²) in [5, 5.41) is 16.2. The van der Waals surface area contributed by atoms with Gasteiger partial charge in [0.05, 0.1) is 12.3 Å². The number of nitrogens with one attached hydrogen (secondary N) is 1. The molecule has 2 rings (SSSR count). The fourth-order valence-corrected chi connectivity index (χ4v) is 1.30. The van der Waals surface area contributed by atoms with E-state index >= 15 is 0 Å². The smallest absolute Gasteiger partial charge is 0.0861 e. The average Bonchev–Trinajstić information content (AvgIpc) is 2.72. The molecule has 0 saturated carbocycles. The van der Waals surface area contributed by atoms with Gasteiger partial charge in [0, 0.05) is 30.6 Å². The van der Waals surface area contributed by atoms with Crippen LogP contribution in [0.4, 0.5) is 0 Å². The highest BCUT2D eigenvalue weighted by molar-refractivity contribution is 5.15. The minimum absolute atomic E-state index is 0.516. The van der Waals surface area contributed by atoms with Gasteiger partial charge in [-0.1, -0.05) is 6.07 Å². The van der Waals surface area contributed by atoms with Crippen molar-refractivity contribution in [3.05, 3.63) is 48.0 Å². The second-order valence-electron chi connectivity index (χ2n) is 3.11. The van der Waals surface area contributed by atoms with Crippen molar-refractivity contribution >= 4 is 0 Å². The molecule has 0 aliphatic heterocycles. The summed E-state index contributed by atoms with van der Waals surface area (Å²) >= 11 is 0. The Kier molecular flexibility index (Phi) is 2.55. The summed E-state index contributed by atoms with van der Waals surface area (Å²) in [6.45, 7) is 0. The van der Waals surface area contributed by atoms with Gasteiger partial charge in [-0.2, -0.15) is 5.10 Å². The number of aliphatic hydroxyl groups excluding tert-OH is 1. The third-order valence-corrected chi connectivity index (χ3v) is 2.06. The van der Waals surface area contributed by atoms with Crippen molar-refractivity contribution in [2.24, 2.45) is 0 Å². The van der Waals surface area contributed by atoms with Crippen molar-refractivity contribution in [1.82, 2.24) is 15.2 Å². The van der Waals surface area contributed by atoms with Crippen LogP contribution in [0, 0.1) is 0 Å². The van der Waals surface area contributed by atoms with Crippen LogP contribution in [0.15, 0.2) is 36.9 Å².